The number of piperidine rings is 1. The molecule has 0 radical (unpaired) electrons. The lowest BCUT2D eigenvalue weighted by Crippen LogP contribution is -2.46. The molecule has 1 aliphatic rings. The summed E-state index contributed by atoms with van der Waals surface area (Å²) in [6.45, 7) is 4.49. The van der Waals surface area contributed by atoms with Gasteiger partial charge in [-0.15, -0.1) is 10.2 Å². The van der Waals surface area contributed by atoms with Crippen LogP contribution in [0, 0.1) is 0 Å². The number of hydrogen-bond donors (Lipinski definition) is 1. The molecular formula is C12H17F3N4. The van der Waals surface area contributed by atoms with E-state index >= 15 is 0 Å². The van der Waals surface area contributed by atoms with Gasteiger partial charge in [-0.3, -0.25) is 0 Å². The van der Waals surface area contributed by atoms with Gasteiger partial charge in [0.2, 0.25) is 0 Å². The normalized spacial score (nSPS) is 20.3. The predicted molar refractivity (Wildman–Crippen MR) is 65.9 cm³/mol. The maximum Gasteiger partial charge on any atom is 0.435 e. The molecule has 1 aliphatic heterocycles. The van der Waals surface area contributed by atoms with Gasteiger partial charge in [0.1, 0.15) is 0 Å². The van der Waals surface area contributed by atoms with Crippen LogP contribution in [0.3, 0.4) is 0 Å². The van der Waals surface area contributed by atoms with Crippen molar-refractivity contribution in [2.75, 3.05) is 24.5 Å². The second-order valence-electron chi connectivity index (χ2n) is 4.56. The third-order valence-corrected chi connectivity index (χ3v) is 3.29. The summed E-state index contributed by atoms with van der Waals surface area (Å²) in [5.74, 6) is 0.504. The minimum Gasteiger partial charge on any atom is -0.351 e. The lowest BCUT2D eigenvalue weighted by molar-refractivity contribution is -0.141. The average molecular weight is 274 g/mol. The Hall–Kier alpha value is -1.37. The Morgan fingerprint density at radius 3 is 2.63 bits per heavy atom. The molecule has 1 aromatic heterocycles. The molecule has 1 N–H and O–H groups in total. The van der Waals surface area contributed by atoms with Crippen LogP contribution in [-0.4, -0.2) is 35.9 Å². The summed E-state index contributed by atoms with van der Waals surface area (Å²) in [5.41, 5.74) is -0.950. The zero-order chi connectivity index (χ0) is 13.9. The van der Waals surface area contributed by atoms with E-state index in [-0.39, 0.29) is 6.04 Å². The van der Waals surface area contributed by atoms with E-state index in [9.17, 15) is 13.2 Å². The molecule has 0 aromatic carbocycles. The largest absolute Gasteiger partial charge is 0.435 e. The molecule has 19 heavy (non-hydrogen) atoms. The second-order valence-corrected chi connectivity index (χ2v) is 4.56. The van der Waals surface area contributed by atoms with Gasteiger partial charge in [-0.1, -0.05) is 0 Å². The molecule has 4 nitrogen and oxygen atoms in total. The monoisotopic (exact) mass is 274 g/mol. The van der Waals surface area contributed by atoms with Crippen molar-refractivity contribution >= 4 is 5.82 Å². The van der Waals surface area contributed by atoms with Gasteiger partial charge in [0.15, 0.2) is 11.5 Å². The summed E-state index contributed by atoms with van der Waals surface area (Å²) in [5, 5.41) is 10.3. The van der Waals surface area contributed by atoms with E-state index in [2.05, 4.69) is 15.5 Å². The van der Waals surface area contributed by atoms with Crippen molar-refractivity contribution in [3.05, 3.63) is 17.8 Å². The molecule has 0 spiro atoms. The van der Waals surface area contributed by atoms with E-state index in [0.717, 1.165) is 32.0 Å². The summed E-state index contributed by atoms with van der Waals surface area (Å²) in [4.78, 5) is 2.00. The maximum atomic E-state index is 12.4. The Morgan fingerprint density at radius 2 is 2.16 bits per heavy atom. The van der Waals surface area contributed by atoms with Gasteiger partial charge in [-0.05, 0) is 38.4 Å². The Kier molecular flexibility index (Phi) is 4.24. The molecule has 1 unspecified atom stereocenters. The molecule has 2 heterocycles. The van der Waals surface area contributed by atoms with Gasteiger partial charge in [0.25, 0.3) is 0 Å². The van der Waals surface area contributed by atoms with Crippen LogP contribution in [0.4, 0.5) is 19.0 Å². The molecule has 0 saturated carbocycles. The van der Waals surface area contributed by atoms with Gasteiger partial charge in [-0.25, -0.2) is 0 Å². The van der Waals surface area contributed by atoms with Gasteiger partial charge in [0, 0.05) is 19.1 Å². The molecular weight excluding hydrogens is 257 g/mol. The molecule has 0 bridgehead atoms. The Morgan fingerprint density at radius 1 is 1.37 bits per heavy atom. The first-order valence-electron chi connectivity index (χ1n) is 6.40. The van der Waals surface area contributed by atoms with Crippen LogP contribution >= 0.6 is 0 Å². The summed E-state index contributed by atoms with van der Waals surface area (Å²) >= 11 is 0. The highest BCUT2D eigenvalue weighted by molar-refractivity contribution is 5.39. The van der Waals surface area contributed by atoms with Crippen molar-refractivity contribution in [2.45, 2.75) is 32.0 Å². The molecule has 1 atom stereocenters. The summed E-state index contributed by atoms with van der Waals surface area (Å²) in [7, 11) is 0. The van der Waals surface area contributed by atoms with Crippen LogP contribution in [-0.2, 0) is 6.18 Å². The van der Waals surface area contributed by atoms with Crippen LogP contribution in [0.1, 0.15) is 25.5 Å². The van der Waals surface area contributed by atoms with E-state index < -0.39 is 11.9 Å². The highest BCUT2D eigenvalue weighted by Gasteiger charge is 2.33. The number of rotatable bonds is 3. The number of hydrogen-bond acceptors (Lipinski definition) is 4. The van der Waals surface area contributed by atoms with Gasteiger partial charge in [-0.2, -0.15) is 13.2 Å². The Bertz CT molecular complexity index is 398. The Labute approximate surface area is 110 Å². The molecule has 0 amide bonds. The fourth-order valence-electron chi connectivity index (χ4n) is 2.34. The van der Waals surface area contributed by atoms with E-state index in [4.69, 9.17) is 0 Å². The molecule has 1 saturated heterocycles. The van der Waals surface area contributed by atoms with Crippen LogP contribution < -0.4 is 10.2 Å². The number of alkyl halides is 3. The van der Waals surface area contributed by atoms with Crippen LogP contribution in [0.25, 0.3) is 0 Å². The fraction of sp³-hybridized carbons (Fsp3) is 0.667. The number of halogens is 3. The summed E-state index contributed by atoms with van der Waals surface area (Å²) < 4.78 is 37.3. The molecule has 1 fully saturated rings. The van der Waals surface area contributed by atoms with E-state index in [1.165, 1.54) is 6.07 Å². The van der Waals surface area contributed by atoms with Crippen LogP contribution in [0.5, 0.6) is 0 Å². The smallest absolute Gasteiger partial charge is 0.351 e. The number of likely N-dealkylation sites (N-methyl/N-ethyl adjacent to an activating group) is 1. The maximum absolute atomic E-state index is 12.4. The van der Waals surface area contributed by atoms with Gasteiger partial charge < -0.3 is 10.2 Å². The zero-order valence-corrected chi connectivity index (χ0v) is 10.7. The quantitative estimate of drug-likeness (QED) is 0.916. The third kappa shape index (κ3) is 3.34. The number of aromatic nitrogens is 2. The fourth-order valence-corrected chi connectivity index (χ4v) is 2.34. The topological polar surface area (TPSA) is 41.1 Å². The standard InChI is InChI=1S/C12H17F3N4/c1-2-19(9-4-3-7-16-8-9)11-6-5-10(17-18-11)12(13,14)15/h5-6,9,16H,2-4,7-8H2,1H3. The van der Waals surface area contributed by atoms with Crippen molar-refractivity contribution in [2.24, 2.45) is 0 Å². The van der Waals surface area contributed by atoms with E-state index in [1.54, 1.807) is 0 Å². The van der Waals surface area contributed by atoms with Gasteiger partial charge >= 0.3 is 6.18 Å². The molecule has 0 aliphatic carbocycles. The summed E-state index contributed by atoms with van der Waals surface area (Å²) in [6.07, 6.45) is -2.35. The van der Waals surface area contributed by atoms with Crippen molar-refractivity contribution in [3.8, 4) is 0 Å². The number of nitrogens with zero attached hydrogens (tertiary/aromatic N) is 3. The van der Waals surface area contributed by atoms with Crippen molar-refractivity contribution in [1.82, 2.24) is 15.5 Å². The first-order chi connectivity index (χ1) is 9.02. The minimum atomic E-state index is -4.44. The van der Waals surface area contributed by atoms with E-state index in [1.807, 2.05) is 11.8 Å². The lowest BCUT2D eigenvalue weighted by Gasteiger charge is -2.34. The summed E-state index contributed by atoms with van der Waals surface area (Å²) in [6, 6.07) is 2.65. The first kappa shape index (κ1) is 14.0. The van der Waals surface area contributed by atoms with Crippen molar-refractivity contribution < 1.29 is 13.2 Å². The molecule has 7 heteroatoms. The first-order valence-corrected chi connectivity index (χ1v) is 6.40. The van der Waals surface area contributed by atoms with Gasteiger partial charge in [0.05, 0.1) is 0 Å². The van der Waals surface area contributed by atoms with Crippen LogP contribution in [0.2, 0.25) is 0 Å². The number of nitrogens with one attached hydrogen (secondary N) is 1. The average Bonchev–Trinajstić information content (AvgIpc) is 2.40. The third-order valence-electron chi connectivity index (χ3n) is 3.29. The van der Waals surface area contributed by atoms with Crippen molar-refractivity contribution in [1.29, 1.82) is 0 Å². The van der Waals surface area contributed by atoms with Crippen molar-refractivity contribution in [3.63, 3.8) is 0 Å². The molecule has 1 aromatic rings. The SMILES string of the molecule is CCN(c1ccc(C(F)(F)F)nn1)C1CCCNC1. The molecule has 106 valence electrons. The van der Waals surface area contributed by atoms with E-state index in [0.29, 0.717) is 12.4 Å². The number of anilines is 1. The highest BCUT2D eigenvalue weighted by atomic mass is 19.4. The minimum absolute atomic E-state index is 0.268. The predicted octanol–water partition coefficient (Wildman–Crippen LogP) is 2.07. The molecule has 2 rings (SSSR count). The lowest BCUT2D eigenvalue weighted by atomic mass is 10.1. The highest BCUT2D eigenvalue weighted by Crippen LogP contribution is 2.28. The Balaban J connectivity index is 2.14. The zero-order valence-electron chi connectivity index (χ0n) is 10.7. The second kappa shape index (κ2) is 5.73. The van der Waals surface area contributed by atoms with Crippen LogP contribution in [0.15, 0.2) is 12.1 Å².